The summed E-state index contributed by atoms with van der Waals surface area (Å²) in [6.45, 7) is 2.30. The first-order valence-corrected chi connectivity index (χ1v) is 12.9. The Morgan fingerprint density at radius 2 is 0.914 bits per heavy atom. The van der Waals surface area contributed by atoms with Gasteiger partial charge in [0.2, 0.25) is 0 Å². The van der Waals surface area contributed by atoms with Crippen LogP contribution in [0.2, 0.25) is 0 Å². The Labute approximate surface area is 224 Å². The second-order valence-electron chi connectivity index (χ2n) is 8.84. The summed E-state index contributed by atoms with van der Waals surface area (Å²) in [5.74, 6) is 0. The van der Waals surface area contributed by atoms with Crippen molar-refractivity contribution in [2.75, 3.05) is 0 Å². The van der Waals surface area contributed by atoms with Crippen LogP contribution >= 0.6 is 37.9 Å². The molecule has 0 aliphatic heterocycles. The second-order valence-corrected chi connectivity index (χ2v) is 10.3. The highest BCUT2D eigenvalue weighted by atomic mass is 32.1. The van der Waals surface area contributed by atoms with Crippen molar-refractivity contribution in [1.82, 2.24) is 0 Å². The van der Waals surface area contributed by atoms with Gasteiger partial charge in [0.15, 0.2) is 0 Å². The zero-order chi connectivity index (χ0) is 24.4. The summed E-state index contributed by atoms with van der Waals surface area (Å²) in [4.78, 5) is 2.83. The van der Waals surface area contributed by atoms with E-state index in [4.69, 9.17) is 37.9 Å². The molecule has 0 nitrogen and oxygen atoms in total. The van der Waals surface area contributed by atoms with Crippen LogP contribution in [0.1, 0.15) is 23.6 Å². The summed E-state index contributed by atoms with van der Waals surface area (Å²) in [5, 5.41) is 0. The molecule has 0 aliphatic rings. The topological polar surface area (TPSA) is 0 Å². The van der Waals surface area contributed by atoms with Gasteiger partial charge >= 0.3 is 0 Å². The van der Waals surface area contributed by atoms with Crippen LogP contribution in [0.4, 0.5) is 0 Å². The van der Waals surface area contributed by atoms with Gasteiger partial charge in [-0.2, -0.15) is 0 Å². The van der Waals surface area contributed by atoms with Crippen molar-refractivity contribution in [1.29, 1.82) is 0 Å². The van der Waals surface area contributed by atoms with E-state index in [1.807, 2.05) is 24.3 Å². The first-order valence-electron chi connectivity index (χ1n) is 11.5. The third kappa shape index (κ3) is 4.56. The monoisotopic (exact) mass is 506 g/mol. The Bertz CT molecular complexity index is 1480. The van der Waals surface area contributed by atoms with Gasteiger partial charge in [-0.15, -0.1) is 37.9 Å². The molecule has 35 heavy (non-hydrogen) atoms. The predicted octanol–water partition coefficient (Wildman–Crippen LogP) is 9.24. The molecule has 0 radical (unpaired) electrons. The molecule has 5 rings (SSSR count). The van der Waals surface area contributed by atoms with E-state index in [0.29, 0.717) is 0 Å². The molecule has 0 spiro atoms. The highest BCUT2D eigenvalue weighted by molar-refractivity contribution is 7.81. The number of thiol groups is 3. The standard InChI is InChI=1S/C32H26S3/c1-32(23-12-6-3-7-13-23,24-16-18-30(34)27(20-24)22-10-4-2-5-11-22)25-17-19-31(35)28(21-25)26-14-8-9-15-29(26)33/h2-21,33-35H,1H3. The normalized spacial score (nSPS) is 12.8. The van der Waals surface area contributed by atoms with E-state index < -0.39 is 5.41 Å². The van der Waals surface area contributed by atoms with Crippen LogP contribution < -0.4 is 0 Å². The third-order valence-electron chi connectivity index (χ3n) is 6.78. The highest BCUT2D eigenvalue weighted by Crippen LogP contribution is 2.43. The first kappa shape index (κ1) is 23.9. The molecule has 5 aromatic rings. The summed E-state index contributed by atoms with van der Waals surface area (Å²) in [7, 11) is 0. The fourth-order valence-corrected chi connectivity index (χ4v) is 5.54. The number of rotatable bonds is 5. The van der Waals surface area contributed by atoms with Gasteiger partial charge < -0.3 is 0 Å². The van der Waals surface area contributed by atoms with E-state index >= 15 is 0 Å². The van der Waals surface area contributed by atoms with Gasteiger partial charge in [-0.3, -0.25) is 0 Å². The van der Waals surface area contributed by atoms with Crippen LogP contribution in [-0.4, -0.2) is 0 Å². The summed E-state index contributed by atoms with van der Waals surface area (Å²) in [6.07, 6.45) is 0. The minimum atomic E-state index is -0.395. The molecule has 0 heterocycles. The molecule has 5 aromatic carbocycles. The molecule has 1 atom stereocenters. The summed E-state index contributed by atoms with van der Waals surface area (Å²) >= 11 is 14.3. The highest BCUT2D eigenvalue weighted by Gasteiger charge is 2.32. The first-order chi connectivity index (χ1) is 17.0. The maximum absolute atomic E-state index is 4.81. The Kier molecular flexibility index (Phi) is 6.84. The van der Waals surface area contributed by atoms with E-state index in [0.717, 1.165) is 36.9 Å². The minimum Gasteiger partial charge on any atom is -0.143 e. The van der Waals surface area contributed by atoms with E-state index in [-0.39, 0.29) is 0 Å². The van der Waals surface area contributed by atoms with Crippen molar-refractivity contribution in [3.05, 3.63) is 138 Å². The van der Waals surface area contributed by atoms with Crippen LogP contribution in [0, 0.1) is 0 Å². The molecule has 172 valence electrons. The average molecular weight is 507 g/mol. The van der Waals surface area contributed by atoms with Crippen molar-refractivity contribution in [3.63, 3.8) is 0 Å². The van der Waals surface area contributed by atoms with Gasteiger partial charge in [-0.05, 0) is 76.2 Å². The molecular weight excluding hydrogens is 481 g/mol. The van der Waals surface area contributed by atoms with Gasteiger partial charge in [0, 0.05) is 20.1 Å². The van der Waals surface area contributed by atoms with E-state index in [9.17, 15) is 0 Å². The Balaban J connectivity index is 1.75. The van der Waals surface area contributed by atoms with Crippen molar-refractivity contribution in [2.45, 2.75) is 27.0 Å². The molecule has 0 amide bonds. The number of hydrogen-bond donors (Lipinski definition) is 3. The van der Waals surface area contributed by atoms with E-state index in [1.165, 1.54) is 16.7 Å². The molecule has 0 aromatic heterocycles. The lowest BCUT2D eigenvalue weighted by atomic mass is 9.70. The fourth-order valence-electron chi connectivity index (χ4n) is 4.73. The number of hydrogen-bond acceptors (Lipinski definition) is 3. The van der Waals surface area contributed by atoms with E-state index in [1.54, 1.807) is 0 Å². The predicted molar refractivity (Wildman–Crippen MR) is 158 cm³/mol. The van der Waals surface area contributed by atoms with Crippen molar-refractivity contribution in [3.8, 4) is 22.3 Å². The number of benzene rings is 5. The maximum Gasteiger partial charge on any atom is 0.0423 e. The largest absolute Gasteiger partial charge is 0.143 e. The summed E-state index contributed by atoms with van der Waals surface area (Å²) in [5.41, 5.74) is 7.67. The Morgan fingerprint density at radius 1 is 0.429 bits per heavy atom. The van der Waals surface area contributed by atoms with E-state index in [2.05, 4.69) is 104 Å². The molecule has 3 heteroatoms. The molecule has 0 saturated heterocycles. The summed E-state index contributed by atoms with van der Waals surface area (Å²) < 4.78 is 0. The molecule has 0 bridgehead atoms. The SMILES string of the molecule is CC(c1ccccc1)(c1ccc(S)c(-c2ccccc2)c1)c1ccc(S)c(-c2ccccc2S)c1. The van der Waals surface area contributed by atoms with Gasteiger partial charge in [0.25, 0.3) is 0 Å². The van der Waals surface area contributed by atoms with Gasteiger partial charge in [0.05, 0.1) is 0 Å². The van der Waals surface area contributed by atoms with Crippen LogP contribution in [0.25, 0.3) is 22.3 Å². The fraction of sp³-hybridized carbons (Fsp3) is 0.0625. The van der Waals surface area contributed by atoms with Crippen LogP contribution in [0.5, 0.6) is 0 Å². The molecular formula is C32H26S3. The third-order valence-corrected chi connectivity index (χ3v) is 7.95. The van der Waals surface area contributed by atoms with Gasteiger partial charge in [-0.1, -0.05) is 91.0 Å². The zero-order valence-corrected chi connectivity index (χ0v) is 22.1. The molecule has 0 fully saturated rings. The Hall–Kier alpha value is -2.85. The van der Waals surface area contributed by atoms with Gasteiger partial charge in [0.1, 0.15) is 0 Å². The van der Waals surface area contributed by atoms with Crippen molar-refractivity contribution < 1.29 is 0 Å². The maximum atomic E-state index is 4.81. The lowest BCUT2D eigenvalue weighted by Crippen LogP contribution is -2.25. The lowest BCUT2D eigenvalue weighted by molar-refractivity contribution is 0.691. The molecule has 0 aliphatic carbocycles. The smallest absolute Gasteiger partial charge is 0.0423 e. The quantitative estimate of drug-likeness (QED) is 0.154. The van der Waals surface area contributed by atoms with Crippen LogP contribution in [0.3, 0.4) is 0 Å². The lowest BCUT2D eigenvalue weighted by Gasteiger charge is -2.33. The summed E-state index contributed by atoms with van der Waals surface area (Å²) in [6, 6.07) is 42.5. The van der Waals surface area contributed by atoms with Crippen LogP contribution in [-0.2, 0) is 5.41 Å². The minimum absolute atomic E-state index is 0.395. The second kappa shape index (κ2) is 10.0. The van der Waals surface area contributed by atoms with Crippen molar-refractivity contribution >= 4 is 37.9 Å². The zero-order valence-electron chi connectivity index (χ0n) is 19.4. The van der Waals surface area contributed by atoms with Gasteiger partial charge in [-0.25, -0.2) is 0 Å². The Morgan fingerprint density at radius 3 is 1.54 bits per heavy atom. The van der Waals surface area contributed by atoms with Crippen molar-refractivity contribution in [2.24, 2.45) is 0 Å². The average Bonchev–Trinajstić information content (AvgIpc) is 2.90. The molecule has 0 saturated carbocycles. The molecule has 1 unspecified atom stereocenters. The van der Waals surface area contributed by atoms with Crippen LogP contribution in [0.15, 0.2) is 136 Å². The molecule has 0 N–H and O–H groups in total.